The van der Waals surface area contributed by atoms with Gasteiger partial charge in [0.2, 0.25) is 5.91 Å². The van der Waals surface area contributed by atoms with Crippen LogP contribution in [0.15, 0.2) is 71.6 Å². The maximum Gasteiger partial charge on any atom is 0.264 e. The Balaban J connectivity index is 1.95. The Morgan fingerprint density at radius 3 is 2.28 bits per heavy atom. The van der Waals surface area contributed by atoms with E-state index in [1.165, 1.54) is 12.1 Å². The van der Waals surface area contributed by atoms with Crippen molar-refractivity contribution in [3.05, 3.63) is 88.4 Å². The number of hydrogen-bond acceptors (Lipinski definition) is 4. The number of halogens is 1. The zero-order chi connectivity index (χ0) is 26.5. The zero-order valence-corrected chi connectivity index (χ0v) is 22.3. The van der Waals surface area contributed by atoms with Crippen molar-refractivity contribution in [1.29, 1.82) is 0 Å². The molecule has 9 heteroatoms. The molecule has 0 bridgehead atoms. The summed E-state index contributed by atoms with van der Waals surface area (Å²) < 4.78 is 28.4. The molecule has 0 saturated carbocycles. The molecule has 0 aromatic heterocycles. The second-order valence-electron chi connectivity index (χ2n) is 8.91. The minimum absolute atomic E-state index is 0.0498. The van der Waals surface area contributed by atoms with Crippen molar-refractivity contribution in [1.82, 2.24) is 5.32 Å². The molecule has 0 aliphatic carbocycles. The first-order valence-electron chi connectivity index (χ1n) is 11.5. The van der Waals surface area contributed by atoms with Gasteiger partial charge < -0.3 is 10.6 Å². The lowest BCUT2D eigenvalue weighted by Crippen LogP contribution is -2.39. The highest BCUT2D eigenvalue weighted by Crippen LogP contribution is 2.31. The van der Waals surface area contributed by atoms with E-state index >= 15 is 0 Å². The van der Waals surface area contributed by atoms with E-state index in [0.29, 0.717) is 34.1 Å². The molecule has 2 N–H and O–H groups in total. The summed E-state index contributed by atoms with van der Waals surface area (Å²) in [4.78, 5) is 25.9. The number of aryl methyl sites for hydroxylation is 1. The molecule has 0 radical (unpaired) electrons. The summed E-state index contributed by atoms with van der Waals surface area (Å²) in [5.41, 5.74) is 2.31. The van der Waals surface area contributed by atoms with Crippen LogP contribution < -0.4 is 14.9 Å². The van der Waals surface area contributed by atoms with E-state index in [2.05, 4.69) is 10.6 Å². The molecule has 0 heterocycles. The average Bonchev–Trinajstić information content (AvgIpc) is 2.83. The van der Waals surface area contributed by atoms with Crippen molar-refractivity contribution < 1.29 is 18.0 Å². The molecule has 0 unspecified atom stereocenters. The van der Waals surface area contributed by atoms with Gasteiger partial charge in [0.1, 0.15) is 6.54 Å². The Kier molecular flexibility index (Phi) is 8.76. The summed E-state index contributed by atoms with van der Waals surface area (Å²) in [6.07, 6.45) is 0. The molecule has 0 saturated heterocycles. The Bertz CT molecular complexity index is 1360. The van der Waals surface area contributed by atoms with Crippen molar-refractivity contribution in [3.8, 4) is 0 Å². The van der Waals surface area contributed by atoms with Crippen LogP contribution >= 0.6 is 11.6 Å². The van der Waals surface area contributed by atoms with E-state index in [1.807, 2.05) is 20.8 Å². The number of rotatable bonds is 9. The third kappa shape index (κ3) is 6.44. The molecule has 7 nitrogen and oxygen atoms in total. The molecule has 0 aliphatic rings. The lowest BCUT2D eigenvalue weighted by molar-refractivity contribution is -0.114. The molecular weight excluding hydrogens is 498 g/mol. The van der Waals surface area contributed by atoms with Crippen molar-refractivity contribution >= 4 is 44.8 Å². The molecule has 36 heavy (non-hydrogen) atoms. The molecule has 2 amide bonds. The van der Waals surface area contributed by atoms with Gasteiger partial charge in [-0.3, -0.25) is 13.9 Å². The summed E-state index contributed by atoms with van der Waals surface area (Å²) in [5, 5.41) is 5.92. The monoisotopic (exact) mass is 527 g/mol. The number of carbonyl (C=O) groups excluding carboxylic acids is 2. The highest BCUT2D eigenvalue weighted by atomic mass is 35.5. The molecule has 3 rings (SSSR count). The Hall–Kier alpha value is -3.36. The van der Waals surface area contributed by atoms with Crippen molar-refractivity contribution in [3.63, 3.8) is 0 Å². The van der Waals surface area contributed by atoms with E-state index in [0.717, 1.165) is 9.87 Å². The second kappa shape index (κ2) is 11.6. The minimum atomic E-state index is -4.11. The van der Waals surface area contributed by atoms with Crippen LogP contribution in [0.3, 0.4) is 0 Å². The Morgan fingerprint density at radius 1 is 0.944 bits per heavy atom. The van der Waals surface area contributed by atoms with E-state index in [1.54, 1.807) is 61.5 Å². The number of benzene rings is 3. The van der Waals surface area contributed by atoms with E-state index in [4.69, 9.17) is 11.6 Å². The number of sulfonamides is 1. The van der Waals surface area contributed by atoms with Gasteiger partial charge in [-0.2, -0.15) is 0 Å². The third-order valence-electron chi connectivity index (χ3n) is 5.52. The number of para-hydroxylation sites is 1. The van der Waals surface area contributed by atoms with Crippen LogP contribution in [0, 0.1) is 19.8 Å². The van der Waals surface area contributed by atoms with Gasteiger partial charge in [-0.05, 0) is 61.7 Å². The Morgan fingerprint density at radius 2 is 1.61 bits per heavy atom. The third-order valence-corrected chi connectivity index (χ3v) is 7.70. The topological polar surface area (TPSA) is 95.6 Å². The van der Waals surface area contributed by atoms with Crippen LogP contribution in [-0.2, 0) is 14.8 Å². The van der Waals surface area contributed by atoms with Crippen LogP contribution in [0.4, 0.5) is 11.4 Å². The molecule has 0 aliphatic heterocycles. The van der Waals surface area contributed by atoms with Gasteiger partial charge in [-0.1, -0.05) is 61.3 Å². The van der Waals surface area contributed by atoms with Gasteiger partial charge in [0, 0.05) is 11.6 Å². The maximum absolute atomic E-state index is 13.7. The van der Waals surface area contributed by atoms with Gasteiger partial charge in [0.25, 0.3) is 15.9 Å². The van der Waals surface area contributed by atoms with Gasteiger partial charge in [0.15, 0.2) is 0 Å². The first kappa shape index (κ1) is 27.2. The minimum Gasteiger partial charge on any atom is -0.352 e. The standard InChI is InChI=1S/C27H30ClN3O4S/c1-18(2)16-29-27(33)22-8-5-6-10-24(22)30-26(32)17-31(25-11-7-9-23(28)20(25)4)36(34,35)21-14-12-19(3)13-15-21/h5-15,18H,16-17H2,1-4H3,(H,29,33)(H,30,32). The number of carbonyl (C=O) groups is 2. The number of anilines is 2. The molecule has 0 atom stereocenters. The van der Waals surface area contributed by atoms with Gasteiger partial charge in [-0.15, -0.1) is 0 Å². The normalized spacial score (nSPS) is 11.3. The number of amides is 2. The fraction of sp³-hybridized carbons (Fsp3) is 0.259. The molecule has 190 valence electrons. The fourth-order valence-electron chi connectivity index (χ4n) is 3.51. The lowest BCUT2D eigenvalue weighted by Gasteiger charge is -2.26. The number of nitrogens with zero attached hydrogens (tertiary/aromatic N) is 1. The smallest absolute Gasteiger partial charge is 0.264 e. The molecule has 3 aromatic carbocycles. The molecule has 3 aromatic rings. The first-order valence-corrected chi connectivity index (χ1v) is 13.3. The summed E-state index contributed by atoms with van der Waals surface area (Å²) in [7, 11) is -4.11. The summed E-state index contributed by atoms with van der Waals surface area (Å²) >= 11 is 6.28. The van der Waals surface area contributed by atoms with E-state index in [-0.39, 0.29) is 16.7 Å². The first-order chi connectivity index (χ1) is 17.0. The van der Waals surface area contributed by atoms with Crippen LogP contribution in [-0.4, -0.2) is 33.3 Å². The summed E-state index contributed by atoms with van der Waals surface area (Å²) in [6, 6.07) is 17.9. The van der Waals surface area contributed by atoms with Crippen LogP contribution in [0.2, 0.25) is 5.02 Å². The SMILES string of the molecule is Cc1ccc(S(=O)(=O)N(CC(=O)Nc2ccccc2C(=O)NCC(C)C)c2cccc(Cl)c2C)cc1. The maximum atomic E-state index is 13.7. The molecular formula is C27H30ClN3O4S. The summed E-state index contributed by atoms with van der Waals surface area (Å²) in [5.74, 6) is -0.666. The number of hydrogen-bond donors (Lipinski definition) is 2. The van der Waals surface area contributed by atoms with Crippen LogP contribution in [0.1, 0.15) is 35.3 Å². The molecule has 0 fully saturated rings. The summed E-state index contributed by atoms with van der Waals surface area (Å²) in [6.45, 7) is 7.49. The lowest BCUT2D eigenvalue weighted by atomic mass is 10.1. The zero-order valence-electron chi connectivity index (χ0n) is 20.7. The quantitative estimate of drug-likeness (QED) is 0.401. The predicted octanol–water partition coefficient (Wildman–Crippen LogP) is 5.18. The Labute approximate surface area is 217 Å². The predicted molar refractivity (Wildman–Crippen MR) is 144 cm³/mol. The average molecular weight is 528 g/mol. The highest BCUT2D eigenvalue weighted by molar-refractivity contribution is 7.92. The second-order valence-corrected chi connectivity index (χ2v) is 11.2. The van der Waals surface area contributed by atoms with Gasteiger partial charge in [0.05, 0.1) is 21.8 Å². The van der Waals surface area contributed by atoms with Crippen molar-refractivity contribution in [2.45, 2.75) is 32.6 Å². The van der Waals surface area contributed by atoms with E-state index < -0.39 is 22.5 Å². The van der Waals surface area contributed by atoms with Crippen LogP contribution in [0.5, 0.6) is 0 Å². The fourth-order valence-corrected chi connectivity index (χ4v) is 5.15. The van der Waals surface area contributed by atoms with Gasteiger partial charge in [-0.25, -0.2) is 8.42 Å². The highest BCUT2D eigenvalue weighted by Gasteiger charge is 2.29. The van der Waals surface area contributed by atoms with E-state index in [9.17, 15) is 18.0 Å². The van der Waals surface area contributed by atoms with Crippen LogP contribution in [0.25, 0.3) is 0 Å². The molecule has 0 spiro atoms. The van der Waals surface area contributed by atoms with Crippen molar-refractivity contribution in [2.75, 3.05) is 22.7 Å². The van der Waals surface area contributed by atoms with Crippen molar-refractivity contribution in [2.24, 2.45) is 5.92 Å². The number of nitrogens with one attached hydrogen (secondary N) is 2. The largest absolute Gasteiger partial charge is 0.352 e. The van der Waals surface area contributed by atoms with Gasteiger partial charge >= 0.3 is 0 Å².